The molecule has 0 radical (unpaired) electrons. The summed E-state index contributed by atoms with van der Waals surface area (Å²) < 4.78 is 0. The molecule has 0 heterocycles. The Morgan fingerprint density at radius 2 is 2.00 bits per heavy atom. The third-order valence-corrected chi connectivity index (χ3v) is 1.55. The van der Waals surface area contributed by atoms with Crippen molar-refractivity contribution in [3.05, 3.63) is 28.8 Å². The summed E-state index contributed by atoms with van der Waals surface area (Å²) in [7, 11) is 0. The third kappa shape index (κ3) is 1.54. The van der Waals surface area contributed by atoms with Crippen molar-refractivity contribution in [3.8, 4) is 11.8 Å². The molecule has 4 nitrogen and oxygen atoms in total. The number of aromatic hydroxyl groups is 1. The number of aldehydes is 2. The highest BCUT2D eigenvalue weighted by molar-refractivity contribution is 5.87. The number of nitriles is 1. The molecule has 0 amide bonds. The van der Waals surface area contributed by atoms with Crippen LogP contribution in [0.15, 0.2) is 12.1 Å². The Morgan fingerprint density at radius 1 is 1.31 bits per heavy atom. The van der Waals surface area contributed by atoms with Crippen LogP contribution in [-0.4, -0.2) is 17.7 Å². The molecule has 64 valence electrons. The van der Waals surface area contributed by atoms with Crippen LogP contribution in [0.3, 0.4) is 0 Å². The third-order valence-electron chi connectivity index (χ3n) is 1.55. The average Bonchev–Trinajstić information content (AvgIpc) is 2.16. The van der Waals surface area contributed by atoms with Gasteiger partial charge in [-0.15, -0.1) is 0 Å². The second-order valence-corrected chi connectivity index (χ2v) is 2.35. The number of hydrogen-bond acceptors (Lipinski definition) is 4. The summed E-state index contributed by atoms with van der Waals surface area (Å²) in [6, 6.07) is 4.09. The van der Waals surface area contributed by atoms with Crippen molar-refractivity contribution in [3.63, 3.8) is 0 Å². The zero-order valence-electron chi connectivity index (χ0n) is 6.52. The maximum Gasteiger partial charge on any atom is 0.155 e. The largest absolute Gasteiger partial charge is 0.507 e. The molecule has 0 unspecified atom stereocenters. The number of nitrogens with zero attached hydrogens (tertiary/aromatic N) is 1. The fourth-order valence-corrected chi connectivity index (χ4v) is 0.944. The molecule has 0 aromatic heterocycles. The Labute approximate surface area is 74.0 Å². The molecule has 0 saturated carbocycles. The molecule has 0 atom stereocenters. The maximum atomic E-state index is 10.4. The fraction of sp³-hybridized carbons (Fsp3) is 0. The van der Waals surface area contributed by atoms with Crippen molar-refractivity contribution in [2.24, 2.45) is 0 Å². The lowest BCUT2D eigenvalue weighted by atomic mass is 10.1. The summed E-state index contributed by atoms with van der Waals surface area (Å²) in [6.45, 7) is 0. The van der Waals surface area contributed by atoms with Crippen LogP contribution in [0.4, 0.5) is 0 Å². The quantitative estimate of drug-likeness (QED) is 0.677. The Morgan fingerprint density at radius 3 is 2.46 bits per heavy atom. The van der Waals surface area contributed by atoms with E-state index in [-0.39, 0.29) is 22.4 Å². The fourth-order valence-electron chi connectivity index (χ4n) is 0.944. The van der Waals surface area contributed by atoms with E-state index in [0.717, 1.165) is 6.07 Å². The van der Waals surface area contributed by atoms with Gasteiger partial charge in [-0.2, -0.15) is 5.26 Å². The summed E-state index contributed by atoms with van der Waals surface area (Å²) in [5.41, 5.74) is 0.0739. The Bertz CT molecular complexity index is 404. The number of rotatable bonds is 2. The maximum absolute atomic E-state index is 10.4. The van der Waals surface area contributed by atoms with Gasteiger partial charge in [0, 0.05) is 5.56 Å². The van der Waals surface area contributed by atoms with Crippen LogP contribution in [0.5, 0.6) is 5.75 Å². The average molecular weight is 175 g/mol. The molecular formula is C9H5NO3. The van der Waals surface area contributed by atoms with Crippen LogP contribution in [0.1, 0.15) is 26.3 Å². The number of phenols is 1. The van der Waals surface area contributed by atoms with Gasteiger partial charge in [-0.25, -0.2) is 0 Å². The molecule has 13 heavy (non-hydrogen) atoms. The zero-order chi connectivity index (χ0) is 9.84. The smallest absolute Gasteiger partial charge is 0.155 e. The first kappa shape index (κ1) is 8.94. The van der Waals surface area contributed by atoms with Gasteiger partial charge < -0.3 is 5.11 Å². The van der Waals surface area contributed by atoms with Crippen LogP contribution >= 0.6 is 0 Å². The van der Waals surface area contributed by atoms with Gasteiger partial charge in [0.1, 0.15) is 18.1 Å². The van der Waals surface area contributed by atoms with Crippen LogP contribution in [0.25, 0.3) is 0 Å². The number of hydrogen-bond donors (Lipinski definition) is 1. The minimum Gasteiger partial charge on any atom is -0.507 e. The van der Waals surface area contributed by atoms with Gasteiger partial charge in [0.05, 0.1) is 11.1 Å². The van der Waals surface area contributed by atoms with Crippen LogP contribution in [0, 0.1) is 11.3 Å². The van der Waals surface area contributed by atoms with E-state index in [4.69, 9.17) is 5.26 Å². The van der Waals surface area contributed by atoms with E-state index in [2.05, 4.69) is 0 Å². The van der Waals surface area contributed by atoms with E-state index < -0.39 is 0 Å². The van der Waals surface area contributed by atoms with E-state index >= 15 is 0 Å². The predicted octanol–water partition coefficient (Wildman–Crippen LogP) is 0.889. The Kier molecular flexibility index (Phi) is 2.41. The van der Waals surface area contributed by atoms with Crippen LogP contribution in [-0.2, 0) is 0 Å². The van der Waals surface area contributed by atoms with Crippen molar-refractivity contribution >= 4 is 12.6 Å². The summed E-state index contributed by atoms with van der Waals surface area (Å²) in [6.07, 6.45) is 0.873. The molecule has 0 fully saturated rings. The first-order valence-electron chi connectivity index (χ1n) is 3.40. The monoisotopic (exact) mass is 175 g/mol. The van der Waals surface area contributed by atoms with E-state index in [0.29, 0.717) is 12.6 Å². The summed E-state index contributed by atoms with van der Waals surface area (Å²) in [5.74, 6) is -0.351. The first-order chi connectivity index (χ1) is 6.22. The van der Waals surface area contributed by atoms with Crippen molar-refractivity contribution < 1.29 is 14.7 Å². The van der Waals surface area contributed by atoms with Crippen molar-refractivity contribution in [2.45, 2.75) is 0 Å². The molecular weight excluding hydrogens is 170 g/mol. The molecule has 0 spiro atoms. The van der Waals surface area contributed by atoms with Crippen molar-refractivity contribution in [1.82, 2.24) is 0 Å². The molecule has 1 aromatic rings. The highest BCUT2D eigenvalue weighted by atomic mass is 16.3. The summed E-state index contributed by atoms with van der Waals surface area (Å²) in [5, 5.41) is 17.8. The molecule has 1 aromatic carbocycles. The summed E-state index contributed by atoms with van der Waals surface area (Å²) >= 11 is 0. The standard InChI is InChI=1S/C9H5NO3/c10-3-7-1-6(4-11)2-9(13)8(7)5-12/h1-2,4-5,13H. The normalized spacial score (nSPS) is 8.85. The first-order valence-corrected chi connectivity index (χ1v) is 3.40. The number of phenolic OH excluding ortho intramolecular Hbond substituents is 1. The van der Waals surface area contributed by atoms with Crippen LogP contribution < -0.4 is 0 Å². The van der Waals surface area contributed by atoms with E-state index in [1.807, 2.05) is 0 Å². The molecule has 0 aliphatic heterocycles. The van der Waals surface area contributed by atoms with Crippen LogP contribution in [0.2, 0.25) is 0 Å². The van der Waals surface area contributed by atoms with Gasteiger partial charge >= 0.3 is 0 Å². The lowest BCUT2D eigenvalue weighted by Crippen LogP contribution is -1.91. The molecule has 0 bridgehead atoms. The van der Waals surface area contributed by atoms with Gasteiger partial charge in [0.15, 0.2) is 6.29 Å². The van der Waals surface area contributed by atoms with Gasteiger partial charge in [0.25, 0.3) is 0 Å². The van der Waals surface area contributed by atoms with E-state index in [1.165, 1.54) is 6.07 Å². The molecule has 0 saturated heterocycles. The molecule has 0 aliphatic carbocycles. The Hall–Kier alpha value is -2.15. The highest BCUT2D eigenvalue weighted by Gasteiger charge is 2.08. The summed E-state index contributed by atoms with van der Waals surface area (Å²) in [4.78, 5) is 20.7. The van der Waals surface area contributed by atoms with Gasteiger partial charge in [0.2, 0.25) is 0 Å². The number of carbonyl (C=O) groups excluding carboxylic acids is 2. The minimum atomic E-state index is -0.351. The van der Waals surface area contributed by atoms with E-state index in [9.17, 15) is 14.7 Å². The SMILES string of the molecule is N#Cc1cc(C=O)cc(O)c1C=O. The van der Waals surface area contributed by atoms with Crippen molar-refractivity contribution in [1.29, 1.82) is 5.26 Å². The zero-order valence-corrected chi connectivity index (χ0v) is 6.52. The van der Waals surface area contributed by atoms with E-state index in [1.54, 1.807) is 6.07 Å². The lowest BCUT2D eigenvalue weighted by molar-refractivity contribution is 0.111. The highest BCUT2D eigenvalue weighted by Crippen LogP contribution is 2.20. The minimum absolute atomic E-state index is 0.00269. The molecule has 1 N–H and O–H groups in total. The number of carbonyl (C=O) groups is 2. The topological polar surface area (TPSA) is 78.2 Å². The van der Waals surface area contributed by atoms with Gasteiger partial charge in [-0.1, -0.05) is 0 Å². The van der Waals surface area contributed by atoms with Crippen molar-refractivity contribution in [2.75, 3.05) is 0 Å². The van der Waals surface area contributed by atoms with Gasteiger partial charge in [-0.05, 0) is 12.1 Å². The van der Waals surface area contributed by atoms with Gasteiger partial charge in [-0.3, -0.25) is 9.59 Å². The second-order valence-electron chi connectivity index (χ2n) is 2.35. The lowest BCUT2D eigenvalue weighted by Gasteiger charge is -1.99. The predicted molar refractivity (Wildman–Crippen MR) is 43.6 cm³/mol. The molecule has 1 rings (SSSR count). The number of benzene rings is 1. The molecule has 4 heteroatoms. The Balaban J connectivity index is 3.48. The second kappa shape index (κ2) is 3.50. The molecule has 0 aliphatic rings.